The van der Waals surface area contributed by atoms with Gasteiger partial charge in [0.15, 0.2) is 0 Å². The van der Waals surface area contributed by atoms with Crippen molar-refractivity contribution in [1.82, 2.24) is 15.1 Å². The Morgan fingerprint density at radius 2 is 2.11 bits per heavy atom. The molecule has 0 spiro atoms. The van der Waals surface area contributed by atoms with Crippen LogP contribution in [-0.2, 0) is 4.79 Å². The number of rotatable bonds is 5. The van der Waals surface area contributed by atoms with Crippen molar-refractivity contribution >= 4 is 5.91 Å². The van der Waals surface area contributed by atoms with Gasteiger partial charge in [-0.05, 0) is 45.3 Å². The SMILES string of the molecule is CCCNC1CCN(C2CCCN(CC)C2)C1=O. The normalized spacial score (nSPS) is 30.1. The van der Waals surface area contributed by atoms with E-state index in [-0.39, 0.29) is 6.04 Å². The Labute approximate surface area is 111 Å². The summed E-state index contributed by atoms with van der Waals surface area (Å²) in [6.07, 6.45) is 4.50. The Balaban J connectivity index is 1.88. The van der Waals surface area contributed by atoms with E-state index in [4.69, 9.17) is 0 Å². The number of piperidine rings is 1. The van der Waals surface area contributed by atoms with Gasteiger partial charge in [0, 0.05) is 19.1 Å². The van der Waals surface area contributed by atoms with Crippen LogP contribution < -0.4 is 5.32 Å². The largest absolute Gasteiger partial charge is 0.337 e. The first kappa shape index (κ1) is 13.8. The third-order valence-corrected chi connectivity index (χ3v) is 4.25. The highest BCUT2D eigenvalue weighted by Crippen LogP contribution is 2.21. The summed E-state index contributed by atoms with van der Waals surface area (Å²) in [6.45, 7) is 9.63. The van der Waals surface area contributed by atoms with Crippen LogP contribution in [0.15, 0.2) is 0 Å². The number of amides is 1. The lowest BCUT2D eigenvalue weighted by Gasteiger charge is -2.37. The molecule has 2 atom stereocenters. The van der Waals surface area contributed by atoms with Crippen LogP contribution in [0.1, 0.15) is 39.5 Å². The van der Waals surface area contributed by atoms with Gasteiger partial charge in [-0.1, -0.05) is 13.8 Å². The van der Waals surface area contributed by atoms with Gasteiger partial charge in [-0.25, -0.2) is 0 Å². The maximum absolute atomic E-state index is 12.4. The van der Waals surface area contributed by atoms with E-state index in [1.807, 2.05) is 0 Å². The number of nitrogens with zero attached hydrogens (tertiary/aromatic N) is 2. The zero-order valence-electron chi connectivity index (χ0n) is 11.8. The molecule has 0 radical (unpaired) electrons. The second kappa shape index (κ2) is 6.53. The molecule has 2 saturated heterocycles. The van der Waals surface area contributed by atoms with Crippen LogP contribution in [0.25, 0.3) is 0 Å². The minimum absolute atomic E-state index is 0.0851. The van der Waals surface area contributed by atoms with Crippen LogP contribution in [0.4, 0.5) is 0 Å². The van der Waals surface area contributed by atoms with Gasteiger partial charge in [0.05, 0.1) is 6.04 Å². The van der Waals surface area contributed by atoms with Gasteiger partial charge in [0.2, 0.25) is 5.91 Å². The number of hydrogen-bond donors (Lipinski definition) is 1. The average molecular weight is 253 g/mol. The van der Waals surface area contributed by atoms with E-state index in [2.05, 4.69) is 29.0 Å². The molecule has 2 fully saturated rings. The molecule has 4 nitrogen and oxygen atoms in total. The Morgan fingerprint density at radius 3 is 2.83 bits per heavy atom. The first-order valence-corrected chi connectivity index (χ1v) is 7.52. The fourth-order valence-corrected chi connectivity index (χ4v) is 3.15. The zero-order valence-corrected chi connectivity index (χ0v) is 11.8. The molecule has 2 rings (SSSR count). The quantitative estimate of drug-likeness (QED) is 0.796. The van der Waals surface area contributed by atoms with Crippen LogP contribution in [0.3, 0.4) is 0 Å². The number of carbonyl (C=O) groups is 1. The average Bonchev–Trinajstić information content (AvgIpc) is 2.78. The Morgan fingerprint density at radius 1 is 1.28 bits per heavy atom. The predicted molar refractivity (Wildman–Crippen MR) is 73.5 cm³/mol. The van der Waals surface area contributed by atoms with Crippen molar-refractivity contribution < 1.29 is 4.79 Å². The number of nitrogens with one attached hydrogen (secondary N) is 1. The summed E-state index contributed by atoms with van der Waals surface area (Å²) in [7, 11) is 0. The molecule has 1 N–H and O–H groups in total. The highest BCUT2D eigenvalue weighted by Gasteiger charge is 2.36. The number of likely N-dealkylation sites (tertiary alicyclic amines) is 2. The fraction of sp³-hybridized carbons (Fsp3) is 0.929. The van der Waals surface area contributed by atoms with Crippen molar-refractivity contribution in [3.63, 3.8) is 0 Å². The first-order chi connectivity index (χ1) is 8.76. The molecule has 2 heterocycles. The topological polar surface area (TPSA) is 35.6 Å². The molecule has 0 aromatic carbocycles. The molecule has 0 aromatic rings. The van der Waals surface area contributed by atoms with E-state index < -0.39 is 0 Å². The predicted octanol–water partition coefficient (Wildman–Crippen LogP) is 1.07. The standard InChI is InChI=1S/C14H27N3O/c1-3-8-15-13-7-10-17(14(13)18)12-6-5-9-16(4-2)11-12/h12-13,15H,3-11H2,1-2H3. The molecule has 1 amide bonds. The Hall–Kier alpha value is -0.610. The van der Waals surface area contributed by atoms with Gasteiger partial charge >= 0.3 is 0 Å². The lowest BCUT2D eigenvalue weighted by molar-refractivity contribution is -0.132. The lowest BCUT2D eigenvalue weighted by atomic mass is 10.0. The number of likely N-dealkylation sites (N-methyl/N-ethyl adjacent to an activating group) is 1. The van der Waals surface area contributed by atoms with Gasteiger partial charge in [-0.15, -0.1) is 0 Å². The van der Waals surface area contributed by atoms with E-state index in [1.165, 1.54) is 19.4 Å². The molecule has 0 aromatic heterocycles. The van der Waals surface area contributed by atoms with E-state index >= 15 is 0 Å². The molecule has 2 unspecified atom stereocenters. The van der Waals surface area contributed by atoms with Crippen LogP contribution in [0.2, 0.25) is 0 Å². The second-order valence-electron chi connectivity index (χ2n) is 5.52. The summed E-state index contributed by atoms with van der Waals surface area (Å²) in [5.41, 5.74) is 0. The fourth-order valence-electron chi connectivity index (χ4n) is 3.15. The molecule has 0 aliphatic carbocycles. The van der Waals surface area contributed by atoms with Crippen molar-refractivity contribution in [3.05, 3.63) is 0 Å². The maximum atomic E-state index is 12.4. The highest BCUT2D eigenvalue weighted by molar-refractivity contribution is 5.84. The molecule has 0 bridgehead atoms. The Kier molecular flexibility index (Phi) is 5.01. The van der Waals surface area contributed by atoms with Gasteiger partial charge in [0.1, 0.15) is 0 Å². The molecule has 4 heteroatoms. The van der Waals surface area contributed by atoms with Crippen LogP contribution >= 0.6 is 0 Å². The number of hydrogen-bond acceptors (Lipinski definition) is 3. The minimum Gasteiger partial charge on any atom is -0.337 e. The van der Waals surface area contributed by atoms with E-state index in [9.17, 15) is 4.79 Å². The molecule has 2 aliphatic heterocycles. The van der Waals surface area contributed by atoms with Gasteiger partial charge in [-0.2, -0.15) is 0 Å². The minimum atomic E-state index is 0.0851. The highest BCUT2D eigenvalue weighted by atomic mass is 16.2. The summed E-state index contributed by atoms with van der Waals surface area (Å²) < 4.78 is 0. The van der Waals surface area contributed by atoms with E-state index in [0.29, 0.717) is 11.9 Å². The van der Waals surface area contributed by atoms with Crippen molar-refractivity contribution in [1.29, 1.82) is 0 Å². The lowest BCUT2D eigenvalue weighted by Crippen LogP contribution is -2.50. The van der Waals surface area contributed by atoms with E-state index in [0.717, 1.165) is 39.0 Å². The van der Waals surface area contributed by atoms with Gasteiger partial charge in [0.25, 0.3) is 0 Å². The summed E-state index contributed by atoms with van der Waals surface area (Å²) in [4.78, 5) is 17.0. The third kappa shape index (κ3) is 3.04. The summed E-state index contributed by atoms with van der Waals surface area (Å²) >= 11 is 0. The Bertz CT molecular complexity index is 282. The maximum Gasteiger partial charge on any atom is 0.240 e. The van der Waals surface area contributed by atoms with Crippen LogP contribution in [-0.4, -0.2) is 60.5 Å². The molecule has 18 heavy (non-hydrogen) atoms. The van der Waals surface area contributed by atoms with Crippen molar-refractivity contribution in [2.24, 2.45) is 0 Å². The van der Waals surface area contributed by atoms with Crippen molar-refractivity contribution in [3.8, 4) is 0 Å². The summed E-state index contributed by atoms with van der Waals surface area (Å²) in [6, 6.07) is 0.543. The first-order valence-electron chi connectivity index (χ1n) is 7.52. The van der Waals surface area contributed by atoms with E-state index in [1.54, 1.807) is 0 Å². The summed E-state index contributed by atoms with van der Waals surface area (Å²) in [5, 5.41) is 3.37. The van der Waals surface area contributed by atoms with Gasteiger partial charge in [-0.3, -0.25) is 4.79 Å². The van der Waals surface area contributed by atoms with Crippen LogP contribution in [0, 0.1) is 0 Å². The molecule has 2 aliphatic rings. The molecule has 104 valence electrons. The molecule has 0 saturated carbocycles. The second-order valence-corrected chi connectivity index (χ2v) is 5.52. The molecular weight excluding hydrogens is 226 g/mol. The van der Waals surface area contributed by atoms with Crippen molar-refractivity contribution in [2.45, 2.75) is 51.6 Å². The smallest absolute Gasteiger partial charge is 0.240 e. The zero-order chi connectivity index (χ0) is 13.0. The van der Waals surface area contributed by atoms with Crippen molar-refractivity contribution in [2.75, 3.05) is 32.7 Å². The van der Waals surface area contributed by atoms with Gasteiger partial charge < -0.3 is 15.1 Å². The number of carbonyl (C=O) groups excluding carboxylic acids is 1. The third-order valence-electron chi connectivity index (χ3n) is 4.25. The summed E-state index contributed by atoms with van der Waals surface area (Å²) in [5.74, 6) is 0.339. The molecular formula is C14H27N3O. The monoisotopic (exact) mass is 253 g/mol. The van der Waals surface area contributed by atoms with Crippen LogP contribution in [0.5, 0.6) is 0 Å².